The van der Waals surface area contributed by atoms with Gasteiger partial charge in [-0.2, -0.15) is 0 Å². The first-order valence-electron chi connectivity index (χ1n) is 3.19. The lowest BCUT2D eigenvalue weighted by molar-refractivity contribution is -0.153. The van der Waals surface area contributed by atoms with Crippen LogP contribution >= 0.6 is 0 Å². The minimum atomic E-state index is -1.19. The molecule has 0 bridgehead atoms. The molecule has 2 N–H and O–H groups in total. The number of aliphatic hydroxyl groups is 1. The van der Waals surface area contributed by atoms with Gasteiger partial charge in [-0.3, -0.25) is 9.59 Å². The Labute approximate surface area is 62.6 Å². The zero-order chi connectivity index (χ0) is 8.43. The lowest BCUT2D eigenvalue weighted by Crippen LogP contribution is -2.18. The highest BCUT2D eigenvalue weighted by Crippen LogP contribution is 2.20. The maximum absolute atomic E-state index is 10.7. The number of carboxylic acid groups (broad SMARTS) is 1. The van der Waals surface area contributed by atoms with Gasteiger partial charge >= 0.3 is 11.9 Å². The SMILES string of the molecule is O=C(O)C1CC(CO)OC1=O. The van der Waals surface area contributed by atoms with Gasteiger partial charge in [-0.25, -0.2) is 0 Å². The number of rotatable bonds is 2. The molecular formula is C6H8O5. The van der Waals surface area contributed by atoms with Crippen molar-refractivity contribution < 1.29 is 24.5 Å². The Morgan fingerprint density at radius 3 is 2.64 bits per heavy atom. The monoisotopic (exact) mass is 160 g/mol. The highest BCUT2D eigenvalue weighted by atomic mass is 16.6. The molecule has 2 atom stereocenters. The first kappa shape index (κ1) is 8.00. The summed E-state index contributed by atoms with van der Waals surface area (Å²) in [6.45, 7) is -0.310. The molecule has 0 radical (unpaired) electrons. The Hall–Kier alpha value is -1.10. The van der Waals surface area contributed by atoms with Crippen molar-refractivity contribution in [3.05, 3.63) is 0 Å². The second-order valence-electron chi connectivity index (χ2n) is 2.37. The number of cyclic esters (lactones) is 1. The Balaban J connectivity index is 2.59. The van der Waals surface area contributed by atoms with Crippen LogP contribution < -0.4 is 0 Å². The molecule has 2 unspecified atom stereocenters. The number of aliphatic carboxylic acids is 1. The quantitative estimate of drug-likeness (QED) is 0.399. The largest absolute Gasteiger partial charge is 0.481 e. The van der Waals surface area contributed by atoms with E-state index in [2.05, 4.69) is 4.74 Å². The molecule has 5 nitrogen and oxygen atoms in total. The molecule has 1 aliphatic rings. The molecule has 1 aliphatic heterocycles. The minimum absolute atomic E-state index is 0.0741. The highest BCUT2D eigenvalue weighted by Gasteiger charge is 2.39. The fourth-order valence-electron chi connectivity index (χ4n) is 0.967. The average molecular weight is 160 g/mol. The van der Waals surface area contributed by atoms with Crippen molar-refractivity contribution in [2.45, 2.75) is 12.5 Å². The van der Waals surface area contributed by atoms with E-state index in [9.17, 15) is 9.59 Å². The fraction of sp³-hybridized carbons (Fsp3) is 0.667. The summed E-state index contributed by atoms with van der Waals surface area (Å²) in [4.78, 5) is 21.0. The number of aliphatic hydroxyl groups excluding tert-OH is 1. The van der Waals surface area contributed by atoms with Crippen LogP contribution in [0.5, 0.6) is 0 Å². The molecule has 0 aromatic heterocycles. The third-order valence-electron chi connectivity index (χ3n) is 1.57. The van der Waals surface area contributed by atoms with Gasteiger partial charge in [0.05, 0.1) is 6.61 Å². The van der Waals surface area contributed by atoms with Gasteiger partial charge in [-0.15, -0.1) is 0 Å². The van der Waals surface area contributed by atoms with Gasteiger partial charge in [-0.05, 0) is 0 Å². The summed E-state index contributed by atoms with van der Waals surface area (Å²) in [7, 11) is 0. The second-order valence-corrected chi connectivity index (χ2v) is 2.37. The number of hydrogen-bond donors (Lipinski definition) is 2. The minimum Gasteiger partial charge on any atom is -0.481 e. The molecule has 0 amide bonds. The first-order valence-corrected chi connectivity index (χ1v) is 3.19. The summed E-state index contributed by atoms with van der Waals surface area (Å²) in [6, 6.07) is 0. The van der Waals surface area contributed by atoms with E-state index >= 15 is 0 Å². The highest BCUT2D eigenvalue weighted by molar-refractivity contribution is 5.95. The average Bonchev–Trinajstić information content (AvgIpc) is 2.30. The van der Waals surface area contributed by atoms with Crippen LogP contribution in [0.1, 0.15) is 6.42 Å². The topological polar surface area (TPSA) is 83.8 Å². The summed E-state index contributed by atoms with van der Waals surface area (Å²) >= 11 is 0. The fourth-order valence-corrected chi connectivity index (χ4v) is 0.967. The summed E-state index contributed by atoms with van der Waals surface area (Å²) in [5.41, 5.74) is 0. The van der Waals surface area contributed by atoms with E-state index in [4.69, 9.17) is 10.2 Å². The standard InChI is InChI=1S/C6H8O5/c7-2-3-1-4(5(8)9)6(10)11-3/h3-4,7H,1-2H2,(H,8,9). The van der Waals surface area contributed by atoms with E-state index in [1.165, 1.54) is 0 Å². The predicted molar refractivity (Wildman–Crippen MR) is 32.7 cm³/mol. The van der Waals surface area contributed by atoms with Gasteiger partial charge in [0, 0.05) is 6.42 Å². The lowest BCUT2D eigenvalue weighted by atomic mass is 10.1. The molecule has 0 saturated carbocycles. The van der Waals surface area contributed by atoms with Gasteiger partial charge in [0.15, 0.2) is 5.92 Å². The van der Waals surface area contributed by atoms with Crippen molar-refractivity contribution in [2.24, 2.45) is 5.92 Å². The Kier molecular flexibility index (Phi) is 2.09. The Morgan fingerprint density at radius 2 is 2.36 bits per heavy atom. The van der Waals surface area contributed by atoms with E-state index in [1.807, 2.05) is 0 Å². The number of carboxylic acids is 1. The zero-order valence-electron chi connectivity index (χ0n) is 5.69. The van der Waals surface area contributed by atoms with Gasteiger partial charge < -0.3 is 14.9 Å². The van der Waals surface area contributed by atoms with Crippen molar-refractivity contribution in [3.63, 3.8) is 0 Å². The maximum atomic E-state index is 10.7. The molecule has 0 aromatic rings. The van der Waals surface area contributed by atoms with Gasteiger partial charge in [0.2, 0.25) is 0 Å². The van der Waals surface area contributed by atoms with Crippen LogP contribution in [0.4, 0.5) is 0 Å². The second kappa shape index (κ2) is 2.87. The molecule has 0 spiro atoms. The lowest BCUT2D eigenvalue weighted by Gasteiger charge is -2.00. The van der Waals surface area contributed by atoms with Gasteiger partial charge in [0.1, 0.15) is 6.10 Å². The van der Waals surface area contributed by atoms with Crippen LogP contribution in [-0.2, 0) is 14.3 Å². The van der Waals surface area contributed by atoms with Crippen molar-refractivity contribution in [1.82, 2.24) is 0 Å². The van der Waals surface area contributed by atoms with Crippen LogP contribution in [0.15, 0.2) is 0 Å². The smallest absolute Gasteiger partial charge is 0.320 e. The normalized spacial score (nSPS) is 30.1. The van der Waals surface area contributed by atoms with Crippen molar-refractivity contribution >= 4 is 11.9 Å². The number of ether oxygens (including phenoxy) is 1. The number of carbonyl (C=O) groups is 2. The molecule has 1 saturated heterocycles. The Bertz CT molecular complexity index is 187. The zero-order valence-corrected chi connectivity index (χ0v) is 5.69. The molecule has 0 aromatic carbocycles. The molecule has 62 valence electrons. The molecule has 0 aliphatic carbocycles. The van der Waals surface area contributed by atoms with Crippen molar-refractivity contribution in [2.75, 3.05) is 6.61 Å². The third kappa shape index (κ3) is 1.48. The van der Waals surface area contributed by atoms with E-state index in [0.29, 0.717) is 0 Å². The van der Waals surface area contributed by atoms with Crippen LogP contribution in [0, 0.1) is 5.92 Å². The van der Waals surface area contributed by atoms with E-state index < -0.39 is 24.0 Å². The predicted octanol–water partition coefficient (Wildman–Crippen LogP) is -1.01. The number of carbonyl (C=O) groups excluding carboxylic acids is 1. The van der Waals surface area contributed by atoms with Crippen LogP contribution in [0.3, 0.4) is 0 Å². The summed E-state index contributed by atoms with van der Waals surface area (Å²) < 4.78 is 4.51. The van der Waals surface area contributed by atoms with Gasteiger partial charge in [-0.1, -0.05) is 0 Å². The van der Waals surface area contributed by atoms with Crippen LogP contribution in [0.2, 0.25) is 0 Å². The number of hydrogen-bond acceptors (Lipinski definition) is 4. The maximum Gasteiger partial charge on any atom is 0.320 e. The first-order chi connectivity index (χ1) is 5.15. The summed E-state index contributed by atoms with van der Waals surface area (Å²) in [6.07, 6.45) is -0.561. The summed E-state index contributed by atoms with van der Waals surface area (Å²) in [5.74, 6) is -3.03. The molecular weight excluding hydrogens is 152 g/mol. The van der Waals surface area contributed by atoms with Crippen molar-refractivity contribution in [3.8, 4) is 0 Å². The van der Waals surface area contributed by atoms with Crippen LogP contribution in [-0.4, -0.2) is 34.9 Å². The number of esters is 1. The van der Waals surface area contributed by atoms with Crippen molar-refractivity contribution in [1.29, 1.82) is 0 Å². The molecule has 1 fully saturated rings. The van der Waals surface area contributed by atoms with Crippen LogP contribution in [0.25, 0.3) is 0 Å². The molecule has 11 heavy (non-hydrogen) atoms. The molecule has 5 heteroatoms. The van der Waals surface area contributed by atoms with E-state index in [-0.39, 0.29) is 13.0 Å². The summed E-state index contributed by atoms with van der Waals surface area (Å²) in [5, 5.41) is 16.9. The van der Waals surface area contributed by atoms with Gasteiger partial charge in [0.25, 0.3) is 0 Å². The molecule has 1 rings (SSSR count). The van der Waals surface area contributed by atoms with E-state index in [1.54, 1.807) is 0 Å². The Morgan fingerprint density at radius 1 is 1.73 bits per heavy atom. The third-order valence-corrected chi connectivity index (χ3v) is 1.57. The molecule has 1 heterocycles. The van der Waals surface area contributed by atoms with E-state index in [0.717, 1.165) is 0 Å².